The average Bonchev–Trinajstić information content (AvgIpc) is 2.58. The second-order valence-corrected chi connectivity index (χ2v) is 4.76. The monoisotopic (exact) mass is 222 g/mol. The summed E-state index contributed by atoms with van der Waals surface area (Å²) in [5.41, 5.74) is 2.59. The van der Waals surface area contributed by atoms with Crippen LogP contribution >= 0.6 is 0 Å². The number of hydrogen-bond acceptors (Lipinski definition) is 3. The molecule has 2 aliphatic rings. The molecule has 0 aliphatic carbocycles. The maximum atomic E-state index is 10.7. The first kappa shape index (κ1) is 11.2. The minimum absolute atomic E-state index is 0.234. The molecule has 0 aromatic rings. The van der Waals surface area contributed by atoms with E-state index in [9.17, 15) is 4.79 Å². The van der Waals surface area contributed by atoms with E-state index in [1.54, 1.807) is 0 Å². The third-order valence-electron chi connectivity index (χ3n) is 3.56. The van der Waals surface area contributed by atoms with E-state index in [2.05, 4.69) is 23.7 Å². The van der Waals surface area contributed by atoms with Crippen LogP contribution in [0.15, 0.2) is 16.3 Å². The zero-order valence-corrected chi connectivity index (χ0v) is 10.0. The van der Waals surface area contributed by atoms with Gasteiger partial charge in [0.05, 0.1) is 12.5 Å². The zero-order valence-electron chi connectivity index (χ0n) is 10.0. The predicted octanol–water partition coefficient (Wildman–Crippen LogP) is 1.88. The van der Waals surface area contributed by atoms with Crippen LogP contribution in [0, 0.1) is 5.92 Å². The van der Waals surface area contributed by atoms with Crippen LogP contribution in [0.4, 0.5) is 0 Å². The Morgan fingerprint density at radius 1 is 1.56 bits per heavy atom. The van der Waals surface area contributed by atoms with Gasteiger partial charge >= 0.3 is 5.97 Å². The second-order valence-electron chi connectivity index (χ2n) is 4.76. The zero-order chi connectivity index (χ0) is 11.9. The second kappa shape index (κ2) is 3.92. The van der Waals surface area contributed by atoms with Crippen molar-refractivity contribution in [3.63, 3.8) is 0 Å². The summed E-state index contributed by atoms with van der Waals surface area (Å²) in [6.07, 6.45) is 1.14. The van der Waals surface area contributed by atoms with Gasteiger partial charge in [-0.1, -0.05) is 0 Å². The van der Waals surface area contributed by atoms with Gasteiger partial charge in [-0.2, -0.15) is 0 Å². The maximum Gasteiger partial charge on any atom is 0.303 e. The van der Waals surface area contributed by atoms with Gasteiger partial charge in [0, 0.05) is 12.2 Å². The van der Waals surface area contributed by atoms with Gasteiger partial charge in [-0.15, -0.1) is 0 Å². The summed E-state index contributed by atoms with van der Waals surface area (Å²) >= 11 is 0. The molecule has 2 heterocycles. The number of hydrogen-bond donors (Lipinski definition) is 1. The molecule has 0 aromatic heterocycles. The van der Waals surface area contributed by atoms with Gasteiger partial charge in [-0.05, 0) is 38.7 Å². The average molecular weight is 222 g/mol. The standard InChI is InChI=1S/C12H18N2O2/c1-7-8(2)13-9(3)14-6-10(4-11(7)14)5-12(15)16/h8,10H,4-6H2,1-3H3,(H,15,16)/t8-,10-/m0/s1. The molecule has 2 rings (SSSR count). The quantitative estimate of drug-likeness (QED) is 0.776. The summed E-state index contributed by atoms with van der Waals surface area (Å²) in [7, 11) is 0. The SMILES string of the molecule is CC1=N[C@@H](C)C(C)=C2C[C@@H](CC(=O)O)CN12. The van der Waals surface area contributed by atoms with Crippen molar-refractivity contribution in [1.82, 2.24) is 4.90 Å². The van der Waals surface area contributed by atoms with E-state index in [1.165, 1.54) is 11.3 Å². The van der Waals surface area contributed by atoms with Crippen LogP contribution in [0.3, 0.4) is 0 Å². The minimum atomic E-state index is -0.703. The molecule has 4 heteroatoms. The molecule has 1 saturated heterocycles. The van der Waals surface area contributed by atoms with Crippen molar-refractivity contribution in [2.45, 2.75) is 39.7 Å². The van der Waals surface area contributed by atoms with E-state index in [-0.39, 0.29) is 18.4 Å². The number of carboxylic acid groups (broad SMARTS) is 1. The lowest BCUT2D eigenvalue weighted by Crippen LogP contribution is -2.31. The van der Waals surface area contributed by atoms with Crippen LogP contribution in [-0.2, 0) is 4.79 Å². The van der Waals surface area contributed by atoms with Gasteiger partial charge in [0.1, 0.15) is 5.84 Å². The number of carbonyl (C=O) groups is 1. The molecular formula is C12H18N2O2. The molecule has 1 N–H and O–H groups in total. The van der Waals surface area contributed by atoms with E-state index in [0.717, 1.165) is 18.8 Å². The molecule has 0 aromatic carbocycles. The van der Waals surface area contributed by atoms with Crippen LogP contribution in [0.25, 0.3) is 0 Å². The first-order valence-electron chi connectivity index (χ1n) is 5.72. The molecule has 4 nitrogen and oxygen atoms in total. The summed E-state index contributed by atoms with van der Waals surface area (Å²) in [5.74, 6) is 0.560. The molecule has 88 valence electrons. The molecule has 1 fully saturated rings. The van der Waals surface area contributed by atoms with Crippen molar-refractivity contribution in [1.29, 1.82) is 0 Å². The fourth-order valence-electron chi connectivity index (χ4n) is 2.59. The lowest BCUT2D eigenvalue weighted by molar-refractivity contribution is -0.137. The summed E-state index contributed by atoms with van der Waals surface area (Å²) < 4.78 is 0. The van der Waals surface area contributed by atoms with Gasteiger partial charge in [-0.3, -0.25) is 9.79 Å². The number of fused-ring (bicyclic) bond motifs is 1. The topological polar surface area (TPSA) is 52.9 Å². The summed E-state index contributed by atoms with van der Waals surface area (Å²) in [4.78, 5) is 17.5. The Hall–Kier alpha value is -1.32. The highest BCUT2D eigenvalue weighted by Crippen LogP contribution is 2.35. The first-order chi connectivity index (χ1) is 7.49. The smallest absolute Gasteiger partial charge is 0.303 e. The van der Waals surface area contributed by atoms with Crippen molar-refractivity contribution in [3.8, 4) is 0 Å². The lowest BCUT2D eigenvalue weighted by Gasteiger charge is -2.28. The summed E-state index contributed by atoms with van der Waals surface area (Å²) in [6, 6.07) is 0.245. The summed E-state index contributed by atoms with van der Waals surface area (Å²) in [5, 5.41) is 8.83. The van der Waals surface area contributed by atoms with Gasteiger partial charge < -0.3 is 10.0 Å². The largest absolute Gasteiger partial charge is 0.481 e. The Morgan fingerprint density at radius 3 is 2.88 bits per heavy atom. The number of aliphatic carboxylic acids is 1. The number of nitrogens with zero attached hydrogens (tertiary/aromatic N) is 2. The Morgan fingerprint density at radius 2 is 2.25 bits per heavy atom. The molecule has 0 radical (unpaired) electrons. The van der Waals surface area contributed by atoms with Crippen molar-refractivity contribution < 1.29 is 9.90 Å². The van der Waals surface area contributed by atoms with E-state index < -0.39 is 5.97 Å². The first-order valence-corrected chi connectivity index (χ1v) is 5.72. The van der Waals surface area contributed by atoms with Crippen molar-refractivity contribution >= 4 is 11.8 Å². The summed E-state index contributed by atoms with van der Waals surface area (Å²) in [6.45, 7) is 7.01. The maximum absolute atomic E-state index is 10.7. The van der Waals surface area contributed by atoms with Crippen LogP contribution in [0.1, 0.15) is 33.6 Å². The normalized spacial score (nSPS) is 29.2. The van der Waals surface area contributed by atoms with Crippen molar-refractivity contribution in [2.75, 3.05) is 6.54 Å². The number of allylic oxidation sites excluding steroid dienone is 1. The molecule has 2 aliphatic heterocycles. The molecular weight excluding hydrogens is 204 g/mol. The number of rotatable bonds is 2. The third-order valence-corrected chi connectivity index (χ3v) is 3.56. The highest BCUT2D eigenvalue weighted by molar-refractivity contribution is 5.83. The van der Waals surface area contributed by atoms with Crippen LogP contribution in [-0.4, -0.2) is 34.4 Å². The predicted molar refractivity (Wildman–Crippen MR) is 62.3 cm³/mol. The highest BCUT2D eigenvalue weighted by atomic mass is 16.4. The van der Waals surface area contributed by atoms with Crippen LogP contribution in [0.2, 0.25) is 0 Å². The fraction of sp³-hybridized carbons (Fsp3) is 0.667. The number of carboxylic acids is 1. The Bertz CT molecular complexity index is 384. The Balaban J connectivity index is 2.20. The Kier molecular flexibility index (Phi) is 2.74. The van der Waals surface area contributed by atoms with Crippen LogP contribution < -0.4 is 0 Å². The molecule has 16 heavy (non-hydrogen) atoms. The lowest BCUT2D eigenvalue weighted by atomic mass is 10.00. The van der Waals surface area contributed by atoms with Crippen molar-refractivity contribution in [2.24, 2.45) is 10.9 Å². The van der Waals surface area contributed by atoms with Gasteiger partial charge in [0.2, 0.25) is 0 Å². The molecule has 0 saturated carbocycles. The van der Waals surface area contributed by atoms with Gasteiger partial charge in [0.25, 0.3) is 0 Å². The van der Waals surface area contributed by atoms with Gasteiger partial charge in [-0.25, -0.2) is 0 Å². The molecule has 0 unspecified atom stereocenters. The third kappa shape index (κ3) is 1.84. The fourth-order valence-corrected chi connectivity index (χ4v) is 2.59. The number of amidine groups is 1. The number of aliphatic imine (C=N–C) groups is 1. The molecule has 0 spiro atoms. The van der Waals surface area contributed by atoms with E-state index in [0.29, 0.717) is 0 Å². The van der Waals surface area contributed by atoms with Crippen LogP contribution in [0.5, 0.6) is 0 Å². The Labute approximate surface area is 95.7 Å². The highest BCUT2D eigenvalue weighted by Gasteiger charge is 2.33. The molecule has 0 amide bonds. The molecule has 2 atom stereocenters. The minimum Gasteiger partial charge on any atom is -0.481 e. The van der Waals surface area contributed by atoms with E-state index >= 15 is 0 Å². The van der Waals surface area contributed by atoms with Crippen molar-refractivity contribution in [3.05, 3.63) is 11.3 Å². The molecule has 0 bridgehead atoms. The van der Waals surface area contributed by atoms with E-state index in [4.69, 9.17) is 5.11 Å². The van der Waals surface area contributed by atoms with E-state index in [1.807, 2.05) is 6.92 Å². The van der Waals surface area contributed by atoms with Gasteiger partial charge in [0.15, 0.2) is 0 Å².